The molecule has 4 rings (SSSR count). The molecule has 0 saturated heterocycles. The summed E-state index contributed by atoms with van der Waals surface area (Å²) in [5.41, 5.74) is 1.70. The van der Waals surface area contributed by atoms with Crippen molar-refractivity contribution in [1.29, 1.82) is 0 Å². The highest BCUT2D eigenvalue weighted by Gasteiger charge is 2.21. The fourth-order valence-electron chi connectivity index (χ4n) is 2.94. The monoisotopic (exact) mass is 365 g/mol. The van der Waals surface area contributed by atoms with Crippen LogP contribution in [0.2, 0.25) is 0 Å². The summed E-state index contributed by atoms with van der Waals surface area (Å²) in [7, 11) is 3.95. The molecule has 0 saturated carbocycles. The molecule has 0 aliphatic rings. The topological polar surface area (TPSA) is 58.4 Å². The zero-order valence-electron chi connectivity index (χ0n) is 14.6. The van der Waals surface area contributed by atoms with E-state index in [2.05, 4.69) is 10.3 Å². The van der Waals surface area contributed by atoms with E-state index in [1.165, 1.54) is 11.3 Å². The summed E-state index contributed by atoms with van der Waals surface area (Å²) in [6.45, 7) is 0.446. The van der Waals surface area contributed by atoms with Crippen molar-refractivity contribution in [2.45, 2.75) is 6.04 Å². The second-order valence-corrected chi connectivity index (χ2v) is 7.39. The lowest BCUT2D eigenvalue weighted by Gasteiger charge is -2.22. The van der Waals surface area contributed by atoms with Gasteiger partial charge in [-0.15, -0.1) is 11.3 Å². The van der Waals surface area contributed by atoms with Gasteiger partial charge in [0, 0.05) is 11.9 Å². The van der Waals surface area contributed by atoms with Crippen molar-refractivity contribution >= 4 is 38.4 Å². The number of hydrogen-bond acceptors (Lipinski definition) is 5. The third-order valence-corrected chi connectivity index (χ3v) is 5.38. The summed E-state index contributed by atoms with van der Waals surface area (Å²) < 4.78 is 6.98. The summed E-state index contributed by atoms with van der Waals surface area (Å²) >= 11 is 1.40. The van der Waals surface area contributed by atoms with Crippen molar-refractivity contribution in [3.63, 3.8) is 0 Å². The molecular weight excluding hydrogens is 346 g/mol. The second-order valence-electron chi connectivity index (χ2n) is 6.36. The number of nitrogens with zero attached hydrogens (tertiary/aromatic N) is 2. The summed E-state index contributed by atoms with van der Waals surface area (Å²) in [5, 5.41) is 4.53. The fourth-order valence-corrected chi connectivity index (χ4v) is 3.82. The van der Waals surface area contributed by atoms with Crippen molar-refractivity contribution < 1.29 is 9.21 Å². The number of para-hydroxylation sites is 2. The molecule has 0 unspecified atom stereocenters. The molecular formula is C20H19N3O2S. The summed E-state index contributed by atoms with van der Waals surface area (Å²) in [5.74, 6) is 0.676. The molecule has 26 heavy (non-hydrogen) atoms. The maximum absolute atomic E-state index is 12.5. The van der Waals surface area contributed by atoms with Crippen molar-refractivity contribution in [3.8, 4) is 0 Å². The highest BCUT2D eigenvalue weighted by molar-refractivity contribution is 7.20. The van der Waals surface area contributed by atoms with Gasteiger partial charge in [0.05, 0.1) is 16.3 Å². The maximum Gasteiger partial charge on any atom is 0.280 e. The molecule has 0 spiro atoms. The van der Waals surface area contributed by atoms with Crippen LogP contribution in [-0.2, 0) is 0 Å². The minimum absolute atomic E-state index is 0.0549. The minimum Gasteiger partial charge on any atom is -0.459 e. The number of nitrogens with one attached hydrogen (secondary N) is 1. The molecule has 2 aromatic carbocycles. The zero-order chi connectivity index (χ0) is 18.1. The number of amides is 1. The largest absolute Gasteiger partial charge is 0.459 e. The summed E-state index contributed by atoms with van der Waals surface area (Å²) in [6.07, 6.45) is 0. The Hall–Kier alpha value is -2.70. The number of rotatable bonds is 5. The van der Waals surface area contributed by atoms with Crippen LogP contribution in [0.4, 0.5) is 0 Å². The third kappa shape index (κ3) is 3.21. The van der Waals surface area contributed by atoms with Gasteiger partial charge in [-0.2, -0.15) is 0 Å². The lowest BCUT2D eigenvalue weighted by Crippen LogP contribution is -2.34. The first kappa shape index (κ1) is 16.8. The van der Waals surface area contributed by atoms with Gasteiger partial charge in [0.1, 0.15) is 11.3 Å². The predicted octanol–water partition coefficient (Wildman–Crippen LogP) is 4.08. The Morgan fingerprint density at radius 2 is 1.96 bits per heavy atom. The average Bonchev–Trinajstić information content (AvgIpc) is 3.25. The Kier molecular flexibility index (Phi) is 4.44. The van der Waals surface area contributed by atoms with Crippen molar-refractivity contribution in [3.05, 3.63) is 65.4 Å². The van der Waals surface area contributed by atoms with Crippen molar-refractivity contribution in [2.24, 2.45) is 0 Å². The van der Waals surface area contributed by atoms with Gasteiger partial charge in [-0.25, -0.2) is 4.98 Å². The number of carbonyl (C=O) groups is 1. The van der Waals surface area contributed by atoms with E-state index in [4.69, 9.17) is 4.42 Å². The molecule has 0 radical (unpaired) electrons. The molecule has 0 aliphatic carbocycles. The normalized spacial score (nSPS) is 12.7. The van der Waals surface area contributed by atoms with Gasteiger partial charge in [0.15, 0.2) is 5.01 Å². The fraction of sp³-hybridized carbons (Fsp3) is 0.200. The van der Waals surface area contributed by atoms with Gasteiger partial charge in [0.25, 0.3) is 5.91 Å². The minimum atomic E-state index is -0.158. The van der Waals surface area contributed by atoms with E-state index in [-0.39, 0.29) is 11.9 Å². The van der Waals surface area contributed by atoms with Crippen LogP contribution in [0.1, 0.15) is 21.6 Å². The van der Waals surface area contributed by atoms with Crippen LogP contribution < -0.4 is 5.32 Å². The Bertz CT molecular complexity index is 1000. The number of carbonyl (C=O) groups excluding carboxylic acids is 1. The molecule has 5 nitrogen and oxygen atoms in total. The van der Waals surface area contributed by atoms with Crippen molar-refractivity contribution in [2.75, 3.05) is 20.6 Å². The third-order valence-electron chi connectivity index (χ3n) is 4.34. The van der Waals surface area contributed by atoms with E-state index >= 15 is 0 Å². The number of hydrogen-bond donors (Lipinski definition) is 1. The van der Waals surface area contributed by atoms with E-state index in [1.807, 2.05) is 73.6 Å². The smallest absolute Gasteiger partial charge is 0.280 e. The molecule has 1 N–H and O–H groups in total. The first-order valence-corrected chi connectivity index (χ1v) is 9.22. The van der Waals surface area contributed by atoms with Gasteiger partial charge in [-0.1, -0.05) is 30.3 Å². The van der Waals surface area contributed by atoms with Crippen LogP contribution in [0.3, 0.4) is 0 Å². The quantitative estimate of drug-likeness (QED) is 0.579. The Labute approximate surface area is 155 Å². The highest BCUT2D eigenvalue weighted by atomic mass is 32.1. The molecule has 2 heterocycles. The summed E-state index contributed by atoms with van der Waals surface area (Å²) in [6, 6.07) is 17.7. The Morgan fingerprint density at radius 1 is 1.19 bits per heavy atom. The van der Waals surface area contributed by atoms with E-state index in [0.29, 0.717) is 11.6 Å². The molecule has 0 bridgehead atoms. The van der Waals surface area contributed by atoms with Crippen LogP contribution in [0.5, 0.6) is 0 Å². The number of likely N-dealkylation sites (N-methyl/N-ethyl adjacent to an activating group) is 1. The lowest BCUT2D eigenvalue weighted by molar-refractivity contribution is 0.0939. The predicted molar refractivity (Wildman–Crippen MR) is 105 cm³/mol. The van der Waals surface area contributed by atoms with Gasteiger partial charge in [0.2, 0.25) is 0 Å². The number of thiazole rings is 1. The highest BCUT2D eigenvalue weighted by Crippen LogP contribution is 2.26. The van der Waals surface area contributed by atoms with Crippen molar-refractivity contribution in [1.82, 2.24) is 15.2 Å². The van der Waals surface area contributed by atoms with Crippen LogP contribution in [0, 0.1) is 0 Å². The van der Waals surface area contributed by atoms with Gasteiger partial charge >= 0.3 is 0 Å². The van der Waals surface area contributed by atoms with Gasteiger partial charge in [-0.05, 0) is 38.4 Å². The standard InChI is InChI=1S/C20H19N3O2S/c1-23(2)15(17-11-13-7-3-5-9-16(13)25-17)12-21-19(24)20-22-14-8-4-6-10-18(14)26-20/h3-11,15H,12H2,1-2H3,(H,21,24)/t15-/m1/s1. The van der Waals surface area contributed by atoms with E-state index in [9.17, 15) is 4.79 Å². The van der Waals surface area contributed by atoms with E-state index in [0.717, 1.165) is 26.9 Å². The number of fused-ring (bicyclic) bond motifs is 2. The van der Waals surface area contributed by atoms with E-state index < -0.39 is 0 Å². The zero-order valence-corrected chi connectivity index (χ0v) is 15.4. The lowest BCUT2D eigenvalue weighted by atomic mass is 10.2. The maximum atomic E-state index is 12.5. The van der Waals surface area contributed by atoms with Crippen LogP contribution in [-0.4, -0.2) is 36.4 Å². The SMILES string of the molecule is CN(C)[C@H](CNC(=O)c1nc2ccccc2s1)c1cc2ccccc2o1. The molecule has 0 aliphatic heterocycles. The van der Waals surface area contributed by atoms with Crippen LogP contribution >= 0.6 is 11.3 Å². The first-order valence-electron chi connectivity index (χ1n) is 8.40. The number of furan rings is 1. The van der Waals surface area contributed by atoms with Crippen LogP contribution in [0.25, 0.3) is 21.2 Å². The van der Waals surface area contributed by atoms with Gasteiger partial charge < -0.3 is 9.73 Å². The molecule has 132 valence electrons. The molecule has 6 heteroatoms. The molecule has 2 aromatic heterocycles. The average molecular weight is 365 g/mol. The molecule has 1 atom stereocenters. The Morgan fingerprint density at radius 3 is 2.73 bits per heavy atom. The first-order chi connectivity index (χ1) is 12.6. The number of aromatic nitrogens is 1. The molecule has 0 fully saturated rings. The molecule has 4 aromatic rings. The molecule has 1 amide bonds. The second kappa shape index (κ2) is 6.90. The Balaban J connectivity index is 1.52. The van der Waals surface area contributed by atoms with Crippen LogP contribution in [0.15, 0.2) is 59.0 Å². The summed E-state index contributed by atoms with van der Waals surface area (Å²) in [4.78, 5) is 19.0. The number of benzene rings is 2. The van der Waals surface area contributed by atoms with Gasteiger partial charge in [-0.3, -0.25) is 9.69 Å². The van der Waals surface area contributed by atoms with E-state index in [1.54, 1.807) is 0 Å².